The molecule has 1 N–H and O–H groups in total. The number of nitrogens with one attached hydrogen (secondary N) is 1. The van der Waals surface area contributed by atoms with Crippen molar-refractivity contribution in [1.29, 1.82) is 0 Å². The second-order valence-corrected chi connectivity index (χ2v) is 17.2. The summed E-state index contributed by atoms with van der Waals surface area (Å²) in [6.07, 6.45) is 9.26. The van der Waals surface area contributed by atoms with E-state index in [0.717, 1.165) is 78.9 Å². The third kappa shape index (κ3) is 5.25. The highest BCUT2D eigenvalue weighted by Gasteiger charge is 2.48. The Balaban J connectivity index is 1.31. The maximum Gasteiger partial charge on any atom is 0.264 e. The molecule has 256 valence electrons. The fraction of sp³-hybridized carbons (Fsp3) is 0.579. The Hall–Kier alpha value is -3.37. The molecule has 3 aromatic rings. The molecule has 0 bridgehead atoms. The van der Waals surface area contributed by atoms with Crippen molar-refractivity contribution in [3.8, 4) is 17.0 Å². The molecule has 3 aliphatic heterocycles. The molecule has 0 spiro atoms. The van der Waals surface area contributed by atoms with Gasteiger partial charge in [-0.05, 0) is 105 Å². The normalized spacial score (nSPS) is 26.4. The highest BCUT2D eigenvalue weighted by molar-refractivity contribution is 7.91. The Morgan fingerprint density at radius 2 is 1.73 bits per heavy atom. The number of rotatable bonds is 6. The van der Waals surface area contributed by atoms with Gasteiger partial charge in [0.2, 0.25) is 15.9 Å². The summed E-state index contributed by atoms with van der Waals surface area (Å²) in [5, 5.41) is 0.602. The van der Waals surface area contributed by atoms with Crippen molar-refractivity contribution < 1.29 is 22.7 Å². The van der Waals surface area contributed by atoms with Gasteiger partial charge in [0.25, 0.3) is 5.91 Å². The maximum atomic E-state index is 15.0. The Labute approximate surface area is 284 Å². The Kier molecular flexibility index (Phi) is 7.90. The molecule has 0 radical (unpaired) electrons. The predicted molar refractivity (Wildman–Crippen MR) is 187 cm³/mol. The van der Waals surface area contributed by atoms with Crippen LogP contribution in [0.1, 0.15) is 105 Å². The lowest BCUT2D eigenvalue weighted by Crippen LogP contribution is -2.56. The van der Waals surface area contributed by atoms with Gasteiger partial charge in [-0.25, -0.2) is 13.1 Å². The molecule has 4 heterocycles. The summed E-state index contributed by atoms with van der Waals surface area (Å²) < 4.78 is 35.9. The number of piperazine rings is 1. The lowest BCUT2D eigenvalue weighted by molar-refractivity contribution is -0.146. The third-order valence-corrected chi connectivity index (χ3v) is 14.2. The van der Waals surface area contributed by atoms with Crippen molar-refractivity contribution in [2.45, 2.75) is 101 Å². The summed E-state index contributed by atoms with van der Waals surface area (Å²) in [4.78, 5) is 33.1. The van der Waals surface area contributed by atoms with Gasteiger partial charge in [0.1, 0.15) is 5.75 Å². The quantitative estimate of drug-likeness (QED) is 0.344. The van der Waals surface area contributed by atoms with E-state index in [4.69, 9.17) is 4.74 Å². The van der Waals surface area contributed by atoms with Gasteiger partial charge in [-0.2, -0.15) is 0 Å². The molecule has 3 atom stereocenters. The fourth-order valence-electron chi connectivity index (χ4n) is 9.27. The van der Waals surface area contributed by atoms with E-state index < -0.39 is 26.6 Å². The minimum Gasteiger partial charge on any atom is -0.497 e. The van der Waals surface area contributed by atoms with Crippen LogP contribution in [0.4, 0.5) is 0 Å². The number of fused-ring (bicyclic) bond motifs is 6. The van der Waals surface area contributed by atoms with Crippen molar-refractivity contribution >= 4 is 32.7 Å². The molecule has 2 unspecified atom stereocenters. The van der Waals surface area contributed by atoms with Gasteiger partial charge >= 0.3 is 0 Å². The summed E-state index contributed by atoms with van der Waals surface area (Å²) in [6, 6.07) is 12.4. The molecule has 2 saturated carbocycles. The Morgan fingerprint density at radius 1 is 0.938 bits per heavy atom. The van der Waals surface area contributed by atoms with Gasteiger partial charge in [0.15, 0.2) is 0 Å². The molecule has 4 fully saturated rings. The van der Waals surface area contributed by atoms with E-state index in [-0.39, 0.29) is 11.8 Å². The van der Waals surface area contributed by atoms with E-state index in [2.05, 4.69) is 45.1 Å². The molecule has 1 aromatic heterocycles. The Bertz CT molecular complexity index is 1890. The predicted octanol–water partition coefficient (Wildman–Crippen LogP) is 6.02. The number of aromatic nitrogens is 1. The first kappa shape index (κ1) is 31.9. The van der Waals surface area contributed by atoms with E-state index in [1.807, 2.05) is 18.2 Å². The number of methoxy groups -OCH3 is 1. The lowest BCUT2D eigenvalue weighted by Gasteiger charge is -2.43. The second kappa shape index (κ2) is 11.9. The van der Waals surface area contributed by atoms with Crippen molar-refractivity contribution in [3.63, 3.8) is 0 Å². The molecular formula is C38H48N4O5S. The average molecular weight is 673 g/mol. The smallest absolute Gasteiger partial charge is 0.264 e. The van der Waals surface area contributed by atoms with Crippen LogP contribution in [-0.4, -0.2) is 79.2 Å². The SMILES string of the molecule is COc1ccc2c(c1)C(C)C(C)(C(=O)N1CCN3CCC[C@H]3C1)Cn1c-2c(C2CCCCC2)c2ccc(C(=O)NS(=O)(=O)C3CC3)cc21. The topological polar surface area (TPSA) is 101 Å². The van der Waals surface area contributed by atoms with Crippen molar-refractivity contribution in [2.24, 2.45) is 5.41 Å². The van der Waals surface area contributed by atoms with Gasteiger partial charge in [-0.1, -0.05) is 32.3 Å². The minimum atomic E-state index is -3.70. The average Bonchev–Trinajstić information content (AvgIpc) is 3.81. The monoisotopic (exact) mass is 672 g/mol. The number of carbonyl (C=O) groups excluding carboxylic acids is 2. The number of amides is 2. The standard InChI is InChI=1S/C38H48N4O5S/c1-24-32-21-28(47-3)12-16-30(32)35-34(25-8-5-4-6-9-25)31-15-11-26(36(43)39-48(45,46)29-13-14-29)20-33(31)42(35)23-38(24,2)37(44)41-19-18-40-17-7-10-27(40)22-41/h11-12,15-16,20-21,24-25,27,29H,4-10,13-14,17-19,22-23H2,1-3H3,(H,39,43)/t24?,27-,38?/m0/s1. The zero-order valence-corrected chi connectivity index (χ0v) is 29.3. The van der Waals surface area contributed by atoms with Crippen LogP contribution < -0.4 is 9.46 Å². The molecule has 48 heavy (non-hydrogen) atoms. The zero-order valence-electron chi connectivity index (χ0n) is 28.5. The number of hydrogen-bond donors (Lipinski definition) is 1. The van der Waals surface area contributed by atoms with Crippen LogP contribution in [0.3, 0.4) is 0 Å². The Morgan fingerprint density at radius 3 is 2.48 bits per heavy atom. The maximum absolute atomic E-state index is 15.0. The molecule has 2 aromatic carbocycles. The summed E-state index contributed by atoms with van der Waals surface area (Å²) >= 11 is 0. The van der Waals surface area contributed by atoms with Crippen LogP contribution in [0, 0.1) is 5.41 Å². The van der Waals surface area contributed by atoms with Gasteiger partial charge in [-0.3, -0.25) is 14.5 Å². The lowest BCUT2D eigenvalue weighted by atomic mass is 9.72. The molecular weight excluding hydrogens is 625 g/mol. The minimum absolute atomic E-state index is 0.110. The van der Waals surface area contributed by atoms with E-state index >= 15 is 0 Å². The third-order valence-electron chi connectivity index (χ3n) is 12.4. The summed E-state index contributed by atoms with van der Waals surface area (Å²) in [5.41, 5.74) is 5.06. The van der Waals surface area contributed by atoms with Gasteiger partial charge in [0.05, 0.1) is 23.5 Å². The fourth-order valence-corrected chi connectivity index (χ4v) is 10.6. The largest absolute Gasteiger partial charge is 0.497 e. The number of hydrogen-bond acceptors (Lipinski definition) is 6. The van der Waals surface area contributed by atoms with E-state index in [0.29, 0.717) is 36.9 Å². The summed E-state index contributed by atoms with van der Waals surface area (Å²) in [6.45, 7) is 8.31. The first-order valence-corrected chi connectivity index (χ1v) is 19.6. The van der Waals surface area contributed by atoms with Crippen molar-refractivity contribution in [2.75, 3.05) is 33.3 Å². The van der Waals surface area contributed by atoms with Crippen LogP contribution >= 0.6 is 0 Å². The van der Waals surface area contributed by atoms with E-state index in [1.54, 1.807) is 13.2 Å². The molecule has 10 heteroatoms. The van der Waals surface area contributed by atoms with Gasteiger partial charge in [0, 0.05) is 54.3 Å². The van der Waals surface area contributed by atoms with Crippen LogP contribution in [0.5, 0.6) is 5.75 Å². The number of ether oxygens (including phenoxy) is 1. The highest BCUT2D eigenvalue weighted by atomic mass is 32.2. The van der Waals surface area contributed by atoms with Gasteiger partial charge in [-0.15, -0.1) is 0 Å². The number of nitrogens with zero attached hydrogens (tertiary/aromatic N) is 3. The second-order valence-electron chi connectivity index (χ2n) is 15.3. The zero-order chi connectivity index (χ0) is 33.4. The van der Waals surface area contributed by atoms with Gasteiger partial charge < -0.3 is 14.2 Å². The molecule has 2 aliphatic carbocycles. The van der Waals surface area contributed by atoms with Crippen LogP contribution in [-0.2, 0) is 21.4 Å². The van der Waals surface area contributed by atoms with Crippen LogP contribution in [0.2, 0.25) is 0 Å². The van der Waals surface area contributed by atoms with E-state index in [1.165, 1.54) is 31.2 Å². The molecule has 9 nitrogen and oxygen atoms in total. The van der Waals surface area contributed by atoms with Crippen molar-refractivity contribution in [1.82, 2.24) is 19.1 Å². The number of benzene rings is 2. The highest BCUT2D eigenvalue weighted by Crippen LogP contribution is 2.53. The molecule has 2 saturated heterocycles. The molecule has 2 amide bonds. The molecule has 5 aliphatic rings. The van der Waals surface area contributed by atoms with Crippen LogP contribution in [0.25, 0.3) is 22.2 Å². The van der Waals surface area contributed by atoms with E-state index in [9.17, 15) is 18.0 Å². The summed E-state index contributed by atoms with van der Waals surface area (Å²) in [7, 11) is -2.01. The van der Waals surface area contributed by atoms with Crippen LogP contribution in [0.15, 0.2) is 36.4 Å². The number of carbonyl (C=O) groups is 2. The summed E-state index contributed by atoms with van der Waals surface area (Å²) in [5.74, 6) is 0.594. The molecule has 8 rings (SSSR count). The first-order valence-electron chi connectivity index (χ1n) is 18.0. The van der Waals surface area contributed by atoms with Crippen molar-refractivity contribution in [3.05, 3.63) is 53.1 Å². The number of sulfonamides is 1. The first-order chi connectivity index (χ1) is 23.1.